The van der Waals surface area contributed by atoms with Crippen molar-refractivity contribution >= 4 is 17.5 Å². The van der Waals surface area contributed by atoms with Gasteiger partial charge in [-0.2, -0.15) is 0 Å². The SMILES string of the molecule is COc1ccccc1N(C)c1nccc(C)c1C(=O)O. The normalized spacial score (nSPS) is 10.2. The van der Waals surface area contributed by atoms with Crippen molar-refractivity contribution in [1.82, 2.24) is 4.98 Å². The summed E-state index contributed by atoms with van der Waals surface area (Å²) >= 11 is 0. The lowest BCUT2D eigenvalue weighted by Crippen LogP contribution is -2.17. The van der Waals surface area contributed by atoms with Crippen LogP contribution in [0.25, 0.3) is 0 Å². The van der Waals surface area contributed by atoms with Crippen molar-refractivity contribution in [3.63, 3.8) is 0 Å². The average Bonchev–Trinajstić information content (AvgIpc) is 2.45. The number of methoxy groups -OCH3 is 1. The van der Waals surface area contributed by atoms with E-state index >= 15 is 0 Å². The number of ether oxygens (including phenoxy) is 1. The number of carbonyl (C=O) groups is 1. The fraction of sp³-hybridized carbons (Fsp3) is 0.200. The number of hydrogen-bond donors (Lipinski definition) is 1. The second-order valence-electron chi connectivity index (χ2n) is 4.36. The third-order valence-electron chi connectivity index (χ3n) is 3.12. The summed E-state index contributed by atoms with van der Waals surface area (Å²) in [4.78, 5) is 17.4. The predicted octanol–water partition coefficient (Wildman–Crippen LogP) is 2.86. The van der Waals surface area contributed by atoms with Crippen LogP contribution in [0.5, 0.6) is 5.75 Å². The maximum atomic E-state index is 11.4. The van der Waals surface area contributed by atoms with E-state index in [9.17, 15) is 9.90 Å². The molecule has 0 saturated carbocycles. The summed E-state index contributed by atoms with van der Waals surface area (Å²) in [5, 5.41) is 9.37. The van der Waals surface area contributed by atoms with E-state index in [4.69, 9.17) is 4.74 Å². The molecule has 0 atom stereocenters. The molecule has 0 saturated heterocycles. The molecule has 104 valence electrons. The Labute approximate surface area is 117 Å². The summed E-state index contributed by atoms with van der Waals surface area (Å²) < 4.78 is 5.30. The van der Waals surface area contributed by atoms with Gasteiger partial charge in [-0.15, -0.1) is 0 Å². The molecule has 2 aromatic rings. The first kappa shape index (κ1) is 13.9. The molecule has 1 aromatic carbocycles. The molecule has 0 amide bonds. The Balaban J connectivity index is 2.57. The van der Waals surface area contributed by atoms with E-state index in [1.807, 2.05) is 24.3 Å². The van der Waals surface area contributed by atoms with Crippen molar-refractivity contribution in [3.8, 4) is 5.75 Å². The van der Waals surface area contributed by atoms with Crippen LogP contribution in [0.1, 0.15) is 15.9 Å². The Morgan fingerprint density at radius 2 is 2.00 bits per heavy atom. The van der Waals surface area contributed by atoms with E-state index in [1.165, 1.54) is 0 Å². The molecular weight excluding hydrogens is 256 g/mol. The molecule has 5 heteroatoms. The van der Waals surface area contributed by atoms with Crippen molar-refractivity contribution < 1.29 is 14.6 Å². The van der Waals surface area contributed by atoms with Crippen LogP contribution >= 0.6 is 0 Å². The Morgan fingerprint density at radius 3 is 2.65 bits per heavy atom. The van der Waals surface area contributed by atoms with Gasteiger partial charge >= 0.3 is 5.97 Å². The molecule has 0 radical (unpaired) electrons. The lowest BCUT2D eigenvalue weighted by Gasteiger charge is -2.22. The second-order valence-corrected chi connectivity index (χ2v) is 4.36. The van der Waals surface area contributed by atoms with Crippen molar-refractivity contribution in [2.75, 3.05) is 19.1 Å². The zero-order chi connectivity index (χ0) is 14.7. The summed E-state index contributed by atoms with van der Waals surface area (Å²) in [5.41, 5.74) is 1.63. The van der Waals surface area contributed by atoms with Crippen LogP contribution in [0.4, 0.5) is 11.5 Å². The number of aromatic nitrogens is 1. The molecule has 0 unspecified atom stereocenters. The van der Waals surface area contributed by atoms with Crippen LogP contribution in [0.2, 0.25) is 0 Å². The highest BCUT2D eigenvalue weighted by atomic mass is 16.5. The Bertz CT molecular complexity index is 641. The van der Waals surface area contributed by atoms with Crippen molar-refractivity contribution in [2.24, 2.45) is 0 Å². The van der Waals surface area contributed by atoms with Gasteiger partial charge in [0.2, 0.25) is 0 Å². The fourth-order valence-electron chi connectivity index (χ4n) is 2.08. The number of benzene rings is 1. The molecule has 1 aromatic heterocycles. The van der Waals surface area contributed by atoms with Crippen LogP contribution in [0, 0.1) is 6.92 Å². The second kappa shape index (κ2) is 5.61. The zero-order valence-electron chi connectivity index (χ0n) is 11.6. The summed E-state index contributed by atoms with van der Waals surface area (Å²) in [7, 11) is 3.35. The van der Waals surface area contributed by atoms with E-state index in [1.54, 1.807) is 38.2 Å². The highest BCUT2D eigenvalue weighted by molar-refractivity contribution is 5.96. The van der Waals surface area contributed by atoms with E-state index in [2.05, 4.69) is 4.98 Å². The van der Waals surface area contributed by atoms with Gasteiger partial charge in [-0.3, -0.25) is 0 Å². The average molecular weight is 272 g/mol. The van der Waals surface area contributed by atoms with Gasteiger partial charge in [0, 0.05) is 13.2 Å². The van der Waals surface area contributed by atoms with Crippen LogP contribution in [-0.2, 0) is 0 Å². The Hall–Kier alpha value is -2.56. The number of carboxylic acid groups (broad SMARTS) is 1. The Kier molecular flexibility index (Phi) is 3.89. The van der Waals surface area contributed by atoms with Crippen molar-refractivity contribution in [3.05, 3.63) is 47.7 Å². The topological polar surface area (TPSA) is 62.7 Å². The summed E-state index contributed by atoms with van der Waals surface area (Å²) in [5.74, 6) is 0.0593. The van der Waals surface area contributed by atoms with Crippen LogP contribution < -0.4 is 9.64 Å². The zero-order valence-corrected chi connectivity index (χ0v) is 11.6. The van der Waals surface area contributed by atoms with Gasteiger partial charge in [0.25, 0.3) is 0 Å². The molecule has 2 rings (SSSR count). The van der Waals surface area contributed by atoms with Crippen LogP contribution in [0.15, 0.2) is 36.5 Å². The van der Waals surface area contributed by atoms with Gasteiger partial charge in [0.1, 0.15) is 17.1 Å². The molecule has 0 spiro atoms. The van der Waals surface area contributed by atoms with Gasteiger partial charge in [-0.1, -0.05) is 12.1 Å². The number of hydrogen-bond acceptors (Lipinski definition) is 4. The Morgan fingerprint density at radius 1 is 1.30 bits per heavy atom. The summed E-state index contributed by atoms with van der Waals surface area (Å²) in [6, 6.07) is 9.09. The van der Waals surface area contributed by atoms with Gasteiger partial charge in [-0.25, -0.2) is 9.78 Å². The molecule has 20 heavy (non-hydrogen) atoms. The number of carboxylic acids is 1. The van der Waals surface area contributed by atoms with E-state index < -0.39 is 5.97 Å². The number of nitrogens with zero attached hydrogens (tertiary/aromatic N) is 2. The third-order valence-corrected chi connectivity index (χ3v) is 3.12. The molecule has 0 aliphatic rings. The highest BCUT2D eigenvalue weighted by Crippen LogP contribution is 2.33. The monoisotopic (exact) mass is 272 g/mol. The van der Waals surface area contributed by atoms with Crippen LogP contribution in [0.3, 0.4) is 0 Å². The summed E-state index contributed by atoms with van der Waals surface area (Å²) in [6.45, 7) is 1.75. The van der Waals surface area contributed by atoms with Gasteiger partial charge in [0.05, 0.1) is 12.8 Å². The molecule has 5 nitrogen and oxygen atoms in total. The molecule has 0 aliphatic heterocycles. The number of aryl methyl sites for hydroxylation is 1. The van der Waals surface area contributed by atoms with E-state index in [0.29, 0.717) is 17.1 Å². The molecule has 0 bridgehead atoms. The molecule has 0 fully saturated rings. The number of aromatic carboxylic acids is 1. The standard InChI is InChI=1S/C15H16N2O3/c1-10-8-9-16-14(13(10)15(18)19)17(2)11-6-4-5-7-12(11)20-3/h4-9H,1-3H3,(H,18,19). The van der Waals surface area contributed by atoms with Crippen molar-refractivity contribution in [2.45, 2.75) is 6.92 Å². The number of rotatable bonds is 4. The fourth-order valence-corrected chi connectivity index (χ4v) is 2.08. The lowest BCUT2D eigenvalue weighted by molar-refractivity contribution is 0.0696. The number of pyridine rings is 1. The van der Waals surface area contributed by atoms with E-state index in [-0.39, 0.29) is 5.56 Å². The summed E-state index contributed by atoms with van der Waals surface area (Å²) in [6.07, 6.45) is 1.60. The highest BCUT2D eigenvalue weighted by Gasteiger charge is 2.20. The predicted molar refractivity (Wildman–Crippen MR) is 77.0 cm³/mol. The quantitative estimate of drug-likeness (QED) is 0.927. The van der Waals surface area contributed by atoms with Crippen LogP contribution in [-0.4, -0.2) is 30.2 Å². The minimum absolute atomic E-state index is 0.195. The minimum atomic E-state index is -0.993. The first-order valence-corrected chi connectivity index (χ1v) is 6.12. The number of anilines is 2. The van der Waals surface area contributed by atoms with Crippen molar-refractivity contribution in [1.29, 1.82) is 0 Å². The van der Waals surface area contributed by atoms with Gasteiger partial charge < -0.3 is 14.7 Å². The molecule has 0 aliphatic carbocycles. The van der Waals surface area contributed by atoms with E-state index in [0.717, 1.165) is 5.69 Å². The minimum Gasteiger partial charge on any atom is -0.495 e. The number of para-hydroxylation sites is 2. The molecule has 1 N–H and O–H groups in total. The first-order chi connectivity index (χ1) is 9.56. The maximum Gasteiger partial charge on any atom is 0.339 e. The lowest BCUT2D eigenvalue weighted by atomic mass is 10.1. The smallest absolute Gasteiger partial charge is 0.339 e. The third kappa shape index (κ3) is 2.42. The van der Waals surface area contributed by atoms with Gasteiger partial charge in [-0.05, 0) is 30.7 Å². The van der Waals surface area contributed by atoms with Gasteiger partial charge in [0.15, 0.2) is 0 Å². The maximum absolute atomic E-state index is 11.4. The largest absolute Gasteiger partial charge is 0.495 e. The molecule has 1 heterocycles. The first-order valence-electron chi connectivity index (χ1n) is 6.12. The molecular formula is C15H16N2O3.